The minimum atomic E-state index is 0.00613. The van der Waals surface area contributed by atoms with E-state index in [2.05, 4.69) is 10.2 Å². The predicted molar refractivity (Wildman–Crippen MR) is 112 cm³/mol. The Balaban J connectivity index is 1.45. The third kappa shape index (κ3) is 4.09. The summed E-state index contributed by atoms with van der Waals surface area (Å²) in [6.07, 6.45) is 0. The summed E-state index contributed by atoms with van der Waals surface area (Å²) < 4.78 is 16.2. The van der Waals surface area contributed by atoms with Crippen molar-refractivity contribution >= 4 is 28.3 Å². The van der Waals surface area contributed by atoms with Crippen LogP contribution in [-0.4, -0.2) is 36.0 Å². The summed E-state index contributed by atoms with van der Waals surface area (Å²) in [4.78, 5) is 12.6. The molecule has 0 aliphatic rings. The first-order valence-electron chi connectivity index (χ1n) is 8.88. The van der Waals surface area contributed by atoms with Gasteiger partial charge in [0, 0.05) is 11.1 Å². The highest BCUT2D eigenvalue weighted by Gasteiger charge is 2.14. The van der Waals surface area contributed by atoms with Gasteiger partial charge in [-0.05, 0) is 35.0 Å². The fourth-order valence-electron chi connectivity index (χ4n) is 2.93. The van der Waals surface area contributed by atoms with Gasteiger partial charge in [-0.3, -0.25) is 4.79 Å². The van der Waals surface area contributed by atoms with Crippen LogP contribution in [0.3, 0.4) is 0 Å². The van der Waals surface area contributed by atoms with Gasteiger partial charge in [0.15, 0.2) is 17.3 Å². The van der Waals surface area contributed by atoms with Crippen molar-refractivity contribution < 1.29 is 18.7 Å². The maximum absolute atomic E-state index is 12.6. The maximum atomic E-state index is 12.6. The van der Waals surface area contributed by atoms with Crippen LogP contribution in [0.5, 0.6) is 11.5 Å². The zero-order valence-electron chi connectivity index (χ0n) is 15.9. The molecule has 3 aromatic carbocycles. The van der Waals surface area contributed by atoms with Gasteiger partial charge in [0.2, 0.25) is 5.89 Å². The first-order valence-corrected chi connectivity index (χ1v) is 9.87. The van der Waals surface area contributed by atoms with Crippen molar-refractivity contribution in [2.24, 2.45) is 0 Å². The fraction of sp³-hybridized carbons (Fsp3) is 0.136. The number of benzene rings is 3. The molecule has 29 heavy (non-hydrogen) atoms. The topological polar surface area (TPSA) is 74.5 Å². The van der Waals surface area contributed by atoms with Gasteiger partial charge in [-0.1, -0.05) is 48.2 Å². The molecule has 6 nitrogen and oxygen atoms in total. The van der Waals surface area contributed by atoms with Gasteiger partial charge >= 0.3 is 0 Å². The van der Waals surface area contributed by atoms with Gasteiger partial charge in [-0.25, -0.2) is 0 Å². The number of thioether (sulfide) groups is 1. The smallest absolute Gasteiger partial charge is 0.277 e. The molecular formula is C22H18N2O4S. The molecule has 0 unspecified atom stereocenters. The van der Waals surface area contributed by atoms with E-state index in [1.54, 1.807) is 26.4 Å². The summed E-state index contributed by atoms with van der Waals surface area (Å²) >= 11 is 1.22. The van der Waals surface area contributed by atoms with Gasteiger partial charge in [-0.2, -0.15) is 0 Å². The quantitative estimate of drug-likeness (QED) is 0.320. The van der Waals surface area contributed by atoms with Crippen LogP contribution in [0.4, 0.5) is 0 Å². The third-order valence-electron chi connectivity index (χ3n) is 4.44. The van der Waals surface area contributed by atoms with Crippen molar-refractivity contribution in [3.63, 3.8) is 0 Å². The predicted octanol–water partition coefficient (Wildman–Crippen LogP) is 4.88. The highest BCUT2D eigenvalue weighted by atomic mass is 32.2. The van der Waals surface area contributed by atoms with E-state index in [1.165, 1.54) is 11.8 Å². The molecule has 1 heterocycles. The molecule has 0 N–H and O–H groups in total. The number of ketones is 1. The number of hydrogen-bond acceptors (Lipinski definition) is 7. The lowest BCUT2D eigenvalue weighted by atomic mass is 10.1. The number of fused-ring (bicyclic) bond motifs is 1. The normalized spacial score (nSPS) is 10.8. The molecule has 0 radical (unpaired) electrons. The molecule has 0 aliphatic heterocycles. The summed E-state index contributed by atoms with van der Waals surface area (Å²) in [6.45, 7) is 0. The van der Waals surface area contributed by atoms with E-state index >= 15 is 0 Å². The van der Waals surface area contributed by atoms with E-state index in [0.717, 1.165) is 10.8 Å². The van der Waals surface area contributed by atoms with Crippen LogP contribution in [0.2, 0.25) is 0 Å². The van der Waals surface area contributed by atoms with Crippen molar-refractivity contribution in [1.82, 2.24) is 10.2 Å². The van der Waals surface area contributed by atoms with Gasteiger partial charge in [0.1, 0.15) is 0 Å². The molecular weight excluding hydrogens is 388 g/mol. The van der Waals surface area contributed by atoms with Gasteiger partial charge in [-0.15, -0.1) is 10.2 Å². The Hall–Kier alpha value is -3.32. The molecule has 0 amide bonds. The van der Waals surface area contributed by atoms with E-state index < -0.39 is 0 Å². The lowest BCUT2D eigenvalue weighted by Crippen LogP contribution is -2.02. The van der Waals surface area contributed by atoms with E-state index in [4.69, 9.17) is 13.9 Å². The second-order valence-electron chi connectivity index (χ2n) is 6.22. The summed E-state index contributed by atoms with van der Waals surface area (Å²) in [7, 11) is 3.14. The van der Waals surface area contributed by atoms with Gasteiger partial charge in [0.05, 0.1) is 20.0 Å². The number of Topliss-reactive ketones (excluding diaryl/α,β-unsaturated/α-hetero) is 1. The molecule has 1 aromatic heterocycles. The van der Waals surface area contributed by atoms with E-state index in [-0.39, 0.29) is 11.5 Å². The zero-order chi connectivity index (χ0) is 20.2. The van der Waals surface area contributed by atoms with E-state index in [9.17, 15) is 4.79 Å². The number of rotatable bonds is 7. The summed E-state index contributed by atoms with van der Waals surface area (Å²) in [5.41, 5.74) is 1.37. The van der Waals surface area contributed by atoms with Crippen molar-refractivity contribution in [3.8, 4) is 23.0 Å². The fourth-order valence-corrected chi connectivity index (χ4v) is 3.59. The van der Waals surface area contributed by atoms with Crippen molar-refractivity contribution in [1.29, 1.82) is 0 Å². The Morgan fingerprint density at radius 2 is 1.72 bits per heavy atom. The minimum absolute atomic E-state index is 0.00613. The van der Waals surface area contributed by atoms with Crippen LogP contribution in [0.1, 0.15) is 10.4 Å². The lowest BCUT2D eigenvalue weighted by molar-refractivity contribution is 0.102. The number of aromatic nitrogens is 2. The second-order valence-corrected chi connectivity index (χ2v) is 7.14. The molecule has 0 spiro atoms. The molecule has 146 valence electrons. The van der Waals surface area contributed by atoms with Gasteiger partial charge in [0.25, 0.3) is 5.22 Å². The highest BCUT2D eigenvalue weighted by molar-refractivity contribution is 7.99. The number of ether oxygens (including phenoxy) is 2. The van der Waals surface area contributed by atoms with Gasteiger partial charge < -0.3 is 13.9 Å². The Bertz CT molecular complexity index is 1170. The number of carbonyl (C=O) groups excluding carboxylic acids is 1. The Morgan fingerprint density at radius 1 is 0.931 bits per heavy atom. The number of carbonyl (C=O) groups is 1. The zero-order valence-corrected chi connectivity index (χ0v) is 16.7. The van der Waals surface area contributed by atoms with Crippen LogP contribution in [-0.2, 0) is 0 Å². The van der Waals surface area contributed by atoms with Crippen molar-refractivity contribution in [2.45, 2.75) is 5.22 Å². The monoisotopic (exact) mass is 406 g/mol. The molecule has 7 heteroatoms. The largest absolute Gasteiger partial charge is 0.493 e. The molecule has 0 fully saturated rings. The Labute approximate surface area is 171 Å². The molecule has 0 saturated heterocycles. The first-order chi connectivity index (χ1) is 14.2. The van der Waals surface area contributed by atoms with Crippen LogP contribution in [0.15, 0.2) is 70.3 Å². The molecule has 4 rings (SSSR count). The summed E-state index contributed by atoms with van der Waals surface area (Å²) in [5.74, 6) is 1.76. The number of methoxy groups -OCH3 is 2. The first kappa shape index (κ1) is 19.0. The van der Waals surface area contributed by atoms with E-state index in [0.29, 0.717) is 33.7 Å². The standard InChI is InChI=1S/C22H18N2O4S/c1-26-19-10-9-17(12-20(19)27-2)21-23-24-22(28-21)29-13-18(25)16-8-7-14-5-3-4-6-15(14)11-16/h3-12H,13H2,1-2H3. The third-order valence-corrected chi connectivity index (χ3v) is 5.25. The summed E-state index contributed by atoms with van der Waals surface area (Å²) in [5, 5.41) is 10.6. The number of nitrogens with zero attached hydrogens (tertiary/aromatic N) is 2. The molecule has 0 saturated carbocycles. The number of hydrogen-bond donors (Lipinski definition) is 0. The SMILES string of the molecule is COc1ccc(-c2nnc(SCC(=O)c3ccc4ccccc4c3)o2)cc1OC. The molecule has 0 bridgehead atoms. The molecule has 0 atom stereocenters. The van der Waals surface area contributed by atoms with E-state index in [1.807, 2.05) is 48.5 Å². The van der Waals surface area contributed by atoms with Crippen LogP contribution >= 0.6 is 11.8 Å². The Morgan fingerprint density at radius 3 is 2.52 bits per heavy atom. The maximum Gasteiger partial charge on any atom is 0.277 e. The van der Waals surface area contributed by atoms with Crippen molar-refractivity contribution in [3.05, 3.63) is 66.2 Å². The highest BCUT2D eigenvalue weighted by Crippen LogP contribution is 2.32. The average molecular weight is 406 g/mol. The second kappa shape index (κ2) is 8.36. The average Bonchev–Trinajstić information content (AvgIpc) is 3.25. The lowest BCUT2D eigenvalue weighted by Gasteiger charge is -2.07. The minimum Gasteiger partial charge on any atom is -0.493 e. The molecule has 4 aromatic rings. The van der Waals surface area contributed by atoms with Crippen LogP contribution in [0.25, 0.3) is 22.2 Å². The van der Waals surface area contributed by atoms with Crippen LogP contribution < -0.4 is 9.47 Å². The van der Waals surface area contributed by atoms with Crippen molar-refractivity contribution in [2.75, 3.05) is 20.0 Å². The Kier molecular flexibility index (Phi) is 5.48. The molecule has 0 aliphatic carbocycles. The van der Waals surface area contributed by atoms with Crippen LogP contribution in [0, 0.1) is 0 Å². The summed E-state index contributed by atoms with van der Waals surface area (Å²) in [6, 6.07) is 19.0.